The van der Waals surface area contributed by atoms with E-state index in [1.54, 1.807) is 11.8 Å². The molecule has 5 rings (SSSR count). The van der Waals surface area contributed by atoms with Crippen molar-refractivity contribution in [2.24, 2.45) is 13.0 Å². The van der Waals surface area contributed by atoms with Crippen LogP contribution in [0.1, 0.15) is 57.0 Å². The number of hydrogen-bond acceptors (Lipinski definition) is 6. The smallest absolute Gasteiger partial charge is 0.251 e. The van der Waals surface area contributed by atoms with E-state index in [1.807, 2.05) is 42.2 Å². The first kappa shape index (κ1) is 34.3. The Morgan fingerprint density at radius 3 is 2.55 bits per heavy atom. The number of nitrogens with zero attached hydrogens (tertiary/aromatic N) is 3. The summed E-state index contributed by atoms with van der Waals surface area (Å²) < 4.78 is 13.5. The molecule has 0 unspecified atom stereocenters. The molecule has 0 saturated carbocycles. The maximum absolute atomic E-state index is 13.7. The predicted molar refractivity (Wildman–Crippen MR) is 195 cm³/mol. The van der Waals surface area contributed by atoms with Crippen molar-refractivity contribution in [3.05, 3.63) is 95.6 Å². The number of hydrogen-bond donors (Lipinski definition) is 1. The lowest BCUT2D eigenvalue weighted by atomic mass is 10.00. The zero-order valence-corrected chi connectivity index (χ0v) is 29.2. The van der Waals surface area contributed by atoms with Crippen LogP contribution < -0.4 is 15.0 Å². The molecular formula is C39H48N4O3S. The van der Waals surface area contributed by atoms with Gasteiger partial charge in [0.1, 0.15) is 18.2 Å². The minimum absolute atomic E-state index is 0.0549. The van der Waals surface area contributed by atoms with Gasteiger partial charge in [0.2, 0.25) is 0 Å². The molecule has 1 N–H and O–H groups in total. The number of ether oxygens (including phenoxy) is 2. The Balaban J connectivity index is 1.29. The molecule has 2 heterocycles. The molecule has 0 saturated heterocycles. The summed E-state index contributed by atoms with van der Waals surface area (Å²) in [4.78, 5) is 21.7. The second-order valence-corrected chi connectivity index (χ2v) is 13.6. The Hall–Kier alpha value is -4.01. The summed E-state index contributed by atoms with van der Waals surface area (Å²) >= 11 is 1.76. The quantitative estimate of drug-likeness (QED) is 0.102. The number of benzene rings is 3. The molecule has 4 aromatic rings. The number of nitrogens with one attached hydrogen (secondary N) is 1. The summed E-state index contributed by atoms with van der Waals surface area (Å²) in [5.74, 6) is 3.11. The molecule has 0 spiro atoms. The second kappa shape index (κ2) is 16.7. The minimum Gasteiger partial charge on any atom is -0.491 e. The van der Waals surface area contributed by atoms with Crippen LogP contribution in [-0.4, -0.2) is 48.4 Å². The molecular weight excluding hydrogens is 605 g/mol. The van der Waals surface area contributed by atoms with Gasteiger partial charge in [-0.05, 0) is 96.5 Å². The molecule has 1 amide bonds. The van der Waals surface area contributed by atoms with Crippen LogP contribution in [0.2, 0.25) is 0 Å². The highest BCUT2D eigenvalue weighted by Gasteiger charge is 2.21. The summed E-state index contributed by atoms with van der Waals surface area (Å²) in [7, 11) is 2.01. The number of fused-ring (bicyclic) bond motifs is 1. The third-order valence-corrected chi connectivity index (χ3v) is 9.43. The van der Waals surface area contributed by atoms with Gasteiger partial charge in [0.15, 0.2) is 0 Å². The van der Waals surface area contributed by atoms with E-state index in [-0.39, 0.29) is 5.91 Å². The van der Waals surface area contributed by atoms with E-state index >= 15 is 0 Å². The number of anilines is 2. The van der Waals surface area contributed by atoms with Gasteiger partial charge in [0.05, 0.1) is 12.4 Å². The average molecular weight is 653 g/mol. The SMILES string of the molecule is CCCCOCCOc1ccc(-c2ccc3c(c2)C=C(C(=O)Nc2ccc(SCc4nccn4C)c(C)c2)CCN3CC(C)C)cc1. The molecule has 7 nitrogen and oxygen atoms in total. The molecule has 8 heteroatoms. The van der Waals surface area contributed by atoms with Crippen molar-refractivity contribution in [2.45, 2.75) is 57.6 Å². The Kier molecular flexibility index (Phi) is 12.2. The number of unbranched alkanes of at least 4 members (excludes halogenated alkanes) is 1. The molecule has 248 valence electrons. The van der Waals surface area contributed by atoms with Crippen molar-refractivity contribution in [2.75, 3.05) is 43.1 Å². The fourth-order valence-electron chi connectivity index (χ4n) is 5.67. The first-order valence-corrected chi connectivity index (χ1v) is 17.7. The molecule has 1 aromatic heterocycles. The second-order valence-electron chi connectivity index (χ2n) is 12.5. The van der Waals surface area contributed by atoms with Crippen molar-refractivity contribution in [1.82, 2.24) is 9.55 Å². The van der Waals surface area contributed by atoms with E-state index < -0.39 is 0 Å². The summed E-state index contributed by atoms with van der Waals surface area (Å²) in [6.07, 6.45) is 8.75. The Morgan fingerprint density at radius 1 is 1.02 bits per heavy atom. The molecule has 0 aliphatic carbocycles. The molecule has 0 fully saturated rings. The lowest BCUT2D eigenvalue weighted by Crippen LogP contribution is -2.29. The fraction of sp³-hybridized carbons (Fsp3) is 0.385. The van der Waals surface area contributed by atoms with Crippen LogP contribution in [0.3, 0.4) is 0 Å². The molecule has 3 aromatic carbocycles. The minimum atomic E-state index is -0.0549. The zero-order chi connectivity index (χ0) is 33.2. The summed E-state index contributed by atoms with van der Waals surface area (Å²) in [6.45, 7) is 12.4. The van der Waals surface area contributed by atoms with Gasteiger partial charge < -0.3 is 24.3 Å². The zero-order valence-electron chi connectivity index (χ0n) is 28.4. The number of thioether (sulfide) groups is 1. The Morgan fingerprint density at radius 2 is 1.83 bits per heavy atom. The maximum Gasteiger partial charge on any atom is 0.251 e. The van der Waals surface area contributed by atoms with E-state index in [2.05, 4.69) is 91.4 Å². The lowest BCUT2D eigenvalue weighted by Gasteiger charge is -2.27. The van der Waals surface area contributed by atoms with Crippen LogP contribution in [0, 0.1) is 12.8 Å². The van der Waals surface area contributed by atoms with Gasteiger partial charge in [-0.1, -0.05) is 45.4 Å². The highest BCUT2D eigenvalue weighted by atomic mass is 32.2. The topological polar surface area (TPSA) is 68.6 Å². The van der Waals surface area contributed by atoms with E-state index in [0.29, 0.717) is 25.6 Å². The van der Waals surface area contributed by atoms with Crippen LogP contribution in [0.4, 0.5) is 11.4 Å². The first-order valence-electron chi connectivity index (χ1n) is 16.7. The van der Waals surface area contributed by atoms with Crippen LogP contribution >= 0.6 is 11.8 Å². The van der Waals surface area contributed by atoms with Crippen LogP contribution in [0.25, 0.3) is 17.2 Å². The number of aryl methyl sites for hydroxylation is 2. The number of carbonyl (C=O) groups is 1. The van der Waals surface area contributed by atoms with Crippen molar-refractivity contribution in [1.29, 1.82) is 0 Å². The van der Waals surface area contributed by atoms with E-state index in [0.717, 1.165) is 83.4 Å². The largest absolute Gasteiger partial charge is 0.491 e. The van der Waals surface area contributed by atoms with Crippen LogP contribution in [-0.2, 0) is 22.3 Å². The maximum atomic E-state index is 13.7. The van der Waals surface area contributed by atoms with Gasteiger partial charge in [-0.3, -0.25) is 4.79 Å². The van der Waals surface area contributed by atoms with Crippen LogP contribution in [0.5, 0.6) is 5.75 Å². The van der Waals surface area contributed by atoms with E-state index in [4.69, 9.17) is 9.47 Å². The molecule has 0 atom stereocenters. The van der Waals surface area contributed by atoms with Gasteiger partial charge in [-0.2, -0.15) is 0 Å². The normalized spacial score (nSPS) is 12.9. The van der Waals surface area contributed by atoms with Crippen molar-refractivity contribution in [3.8, 4) is 16.9 Å². The molecule has 0 bridgehead atoms. The number of aromatic nitrogens is 2. The highest BCUT2D eigenvalue weighted by Crippen LogP contribution is 2.34. The van der Waals surface area contributed by atoms with Gasteiger partial charge in [-0.25, -0.2) is 4.98 Å². The van der Waals surface area contributed by atoms with E-state index in [9.17, 15) is 4.79 Å². The number of rotatable bonds is 15. The highest BCUT2D eigenvalue weighted by molar-refractivity contribution is 7.98. The van der Waals surface area contributed by atoms with Gasteiger partial charge in [0.25, 0.3) is 5.91 Å². The number of imidazole rings is 1. The van der Waals surface area contributed by atoms with Gasteiger partial charge in [0, 0.05) is 61.0 Å². The van der Waals surface area contributed by atoms with Crippen molar-refractivity contribution < 1.29 is 14.3 Å². The van der Waals surface area contributed by atoms with Gasteiger partial charge >= 0.3 is 0 Å². The third kappa shape index (κ3) is 9.52. The summed E-state index contributed by atoms with van der Waals surface area (Å²) in [6, 6.07) is 20.9. The fourth-order valence-corrected chi connectivity index (χ4v) is 6.69. The molecule has 0 radical (unpaired) electrons. The lowest BCUT2D eigenvalue weighted by molar-refractivity contribution is -0.112. The standard InChI is InChI=1S/C39H48N4O3S/c1-6-7-20-45-21-22-46-35-12-8-30(9-13-35)31-10-14-36-33(24-31)25-32(16-18-43(36)26-28(2)3)39(44)41-34-11-15-37(29(4)23-34)47-27-38-40-17-19-42(38)5/h8-15,17,19,23-25,28H,6-7,16,18,20-22,26-27H2,1-5H3,(H,41,44). The molecule has 47 heavy (non-hydrogen) atoms. The van der Waals surface area contributed by atoms with Crippen molar-refractivity contribution >= 4 is 35.1 Å². The van der Waals surface area contributed by atoms with E-state index in [1.165, 1.54) is 10.6 Å². The summed E-state index contributed by atoms with van der Waals surface area (Å²) in [5.41, 5.74) is 7.16. The van der Waals surface area contributed by atoms with Gasteiger partial charge in [-0.15, -0.1) is 11.8 Å². The average Bonchev–Trinajstić information content (AvgIpc) is 3.38. The Bertz CT molecular complexity index is 1660. The molecule has 1 aliphatic rings. The monoisotopic (exact) mass is 652 g/mol. The number of amides is 1. The summed E-state index contributed by atoms with van der Waals surface area (Å²) in [5, 5.41) is 3.18. The third-order valence-electron chi connectivity index (χ3n) is 8.26. The Labute approximate surface area is 284 Å². The number of carbonyl (C=O) groups excluding carboxylic acids is 1. The first-order chi connectivity index (χ1) is 22.8. The van der Waals surface area contributed by atoms with Crippen LogP contribution in [0.15, 0.2) is 83.5 Å². The molecule has 1 aliphatic heterocycles. The van der Waals surface area contributed by atoms with Crippen molar-refractivity contribution in [3.63, 3.8) is 0 Å². The predicted octanol–water partition coefficient (Wildman–Crippen LogP) is 8.77.